The molecule has 0 saturated heterocycles. The third-order valence-corrected chi connectivity index (χ3v) is 1.72. The van der Waals surface area contributed by atoms with Crippen molar-refractivity contribution >= 4 is 16.1 Å². The Morgan fingerprint density at radius 3 is 2.20 bits per heavy atom. The van der Waals surface area contributed by atoms with Crippen LogP contribution in [0.1, 0.15) is 0 Å². The number of hydrogen-bond acceptors (Lipinski definition) is 6. The molecule has 0 aromatic heterocycles. The Morgan fingerprint density at radius 1 is 1.13 bits per heavy atom. The molecular formula is C7H14O7S. The predicted octanol–water partition coefficient (Wildman–Crippen LogP) is -0.920. The van der Waals surface area contributed by atoms with Crippen LogP contribution in [0.5, 0.6) is 0 Å². The molecule has 0 unspecified atom stereocenters. The monoisotopic (exact) mass is 242 g/mol. The van der Waals surface area contributed by atoms with Gasteiger partial charge in [-0.15, -0.1) is 0 Å². The molecular weight excluding hydrogens is 228 g/mol. The molecule has 0 amide bonds. The molecule has 0 spiro atoms. The number of rotatable bonds is 9. The summed E-state index contributed by atoms with van der Waals surface area (Å²) < 4.78 is 34.9. The van der Waals surface area contributed by atoms with Crippen LogP contribution in [0.2, 0.25) is 0 Å². The molecule has 0 fully saturated rings. The van der Waals surface area contributed by atoms with E-state index in [-0.39, 0.29) is 33.0 Å². The minimum Gasteiger partial charge on any atom is -0.480 e. The standard InChI is InChI=1S/C7H14O7S/c1-15(10,11)14-5-4-12-2-3-13-6-7(8)9/h2-6H2,1H3,(H,8,9). The van der Waals surface area contributed by atoms with Gasteiger partial charge in [0, 0.05) is 0 Å². The maximum absolute atomic E-state index is 10.5. The maximum atomic E-state index is 10.5. The van der Waals surface area contributed by atoms with Gasteiger partial charge in [-0.05, 0) is 0 Å². The van der Waals surface area contributed by atoms with Gasteiger partial charge in [0.25, 0.3) is 10.1 Å². The molecule has 0 radical (unpaired) electrons. The van der Waals surface area contributed by atoms with Gasteiger partial charge in [0.05, 0.1) is 32.7 Å². The van der Waals surface area contributed by atoms with Crippen molar-refractivity contribution in [3.05, 3.63) is 0 Å². The van der Waals surface area contributed by atoms with Crippen molar-refractivity contribution < 1.29 is 32.0 Å². The summed E-state index contributed by atoms with van der Waals surface area (Å²) in [6.45, 7) is 0.0239. The average molecular weight is 242 g/mol. The van der Waals surface area contributed by atoms with Crippen LogP contribution in [0.15, 0.2) is 0 Å². The third-order valence-electron chi connectivity index (χ3n) is 1.12. The lowest BCUT2D eigenvalue weighted by Gasteiger charge is -2.04. The summed E-state index contributed by atoms with van der Waals surface area (Å²) in [4.78, 5) is 9.99. The van der Waals surface area contributed by atoms with Gasteiger partial charge in [0.2, 0.25) is 0 Å². The second-order valence-electron chi connectivity index (χ2n) is 2.58. The van der Waals surface area contributed by atoms with Crippen molar-refractivity contribution in [2.75, 3.05) is 39.3 Å². The highest BCUT2D eigenvalue weighted by atomic mass is 32.2. The topological polar surface area (TPSA) is 99.1 Å². The van der Waals surface area contributed by atoms with Crippen molar-refractivity contribution in [2.45, 2.75) is 0 Å². The Labute approximate surface area is 88.1 Å². The fourth-order valence-corrected chi connectivity index (χ4v) is 0.995. The van der Waals surface area contributed by atoms with Gasteiger partial charge in [-0.1, -0.05) is 0 Å². The lowest BCUT2D eigenvalue weighted by Crippen LogP contribution is -2.14. The van der Waals surface area contributed by atoms with Crippen LogP contribution in [0.4, 0.5) is 0 Å². The molecule has 0 aromatic rings. The van der Waals surface area contributed by atoms with Gasteiger partial charge >= 0.3 is 5.97 Å². The van der Waals surface area contributed by atoms with Crippen molar-refractivity contribution in [1.82, 2.24) is 0 Å². The third kappa shape index (κ3) is 13.3. The maximum Gasteiger partial charge on any atom is 0.329 e. The van der Waals surface area contributed by atoms with E-state index < -0.39 is 16.1 Å². The molecule has 0 aliphatic carbocycles. The zero-order valence-electron chi connectivity index (χ0n) is 8.34. The van der Waals surface area contributed by atoms with Crippen LogP contribution in [-0.2, 0) is 28.6 Å². The number of hydrogen-bond donors (Lipinski definition) is 1. The summed E-state index contributed by atoms with van der Waals surface area (Å²) in [7, 11) is -3.42. The number of carbonyl (C=O) groups is 1. The smallest absolute Gasteiger partial charge is 0.329 e. The van der Waals surface area contributed by atoms with E-state index in [4.69, 9.17) is 9.84 Å². The molecule has 0 atom stereocenters. The molecule has 1 N–H and O–H groups in total. The Morgan fingerprint density at radius 2 is 1.67 bits per heavy atom. The number of ether oxygens (including phenoxy) is 2. The minimum absolute atomic E-state index is 0.0578. The molecule has 0 aliphatic rings. The van der Waals surface area contributed by atoms with Crippen LogP contribution >= 0.6 is 0 Å². The van der Waals surface area contributed by atoms with E-state index in [9.17, 15) is 13.2 Å². The number of aliphatic carboxylic acids is 1. The first-order valence-electron chi connectivity index (χ1n) is 4.13. The summed E-state index contributed by atoms with van der Waals surface area (Å²) in [5.74, 6) is -1.05. The zero-order valence-corrected chi connectivity index (χ0v) is 9.16. The lowest BCUT2D eigenvalue weighted by molar-refractivity contribution is -0.142. The summed E-state index contributed by atoms with van der Waals surface area (Å²) in [6.07, 6.45) is 0.947. The molecule has 0 aromatic carbocycles. The van der Waals surface area contributed by atoms with Gasteiger partial charge in [-0.3, -0.25) is 4.18 Å². The first-order chi connectivity index (χ1) is 6.92. The van der Waals surface area contributed by atoms with Crippen LogP contribution in [0, 0.1) is 0 Å². The van der Waals surface area contributed by atoms with Crippen molar-refractivity contribution in [1.29, 1.82) is 0 Å². The lowest BCUT2D eigenvalue weighted by atomic mass is 10.7. The number of carboxylic acids is 1. The summed E-state index contributed by atoms with van der Waals surface area (Å²) in [5, 5.41) is 8.19. The molecule has 90 valence electrons. The first-order valence-corrected chi connectivity index (χ1v) is 5.95. The first kappa shape index (κ1) is 14.3. The molecule has 0 saturated carbocycles. The molecule has 8 heteroatoms. The van der Waals surface area contributed by atoms with Crippen LogP contribution in [0.25, 0.3) is 0 Å². The highest BCUT2D eigenvalue weighted by Gasteiger charge is 2.00. The minimum atomic E-state index is -3.42. The van der Waals surface area contributed by atoms with Crippen LogP contribution in [-0.4, -0.2) is 58.8 Å². The number of carboxylic acid groups (broad SMARTS) is 1. The fourth-order valence-electron chi connectivity index (χ4n) is 0.624. The molecule has 0 heterocycles. The zero-order chi connectivity index (χ0) is 11.7. The van der Waals surface area contributed by atoms with Crippen LogP contribution < -0.4 is 0 Å². The summed E-state index contributed by atoms with van der Waals surface area (Å²) in [5.41, 5.74) is 0. The molecule has 7 nitrogen and oxygen atoms in total. The second-order valence-corrected chi connectivity index (χ2v) is 4.23. The highest BCUT2D eigenvalue weighted by molar-refractivity contribution is 7.85. The van der Waals surface area contributed by atoms with E-state index in [2.05, 4.69) is 8.92 Å². The largest absolute Gasteiger partial charge is 0.480 e. The van der Waals surface area contributed by atoms with Gasteiger partial charge in [-0.2, -0.15) is 8.42 Å². The Bertz CT molecular complexity index is 271. The molecule has 0 rings (SSSR count). The SMILES string of the molecule is CS(=O)(=O)OCCOCCOCC(=O)O. The van der Waals surface area contributed by atoms with Crippen molar-refractivity contribution in [3.63, 3.8) is 0 Å². The normalized spacial score (nSPS) is 11.5. The quantitative estimate of drug-likeness (QED) is 0.412. The highest BCUT2D eigenvalue weighted by Crippen LogP contribution is 1.86. The van der Waals surface area contributed by atoms with E-state index in [1.807, 2.05) is 0 Å². The van der Waals surface area contributed by atoms with Gasteiger partial charge in [0.15, 0.2) is 0 Å². The van der Waals surface area contributed by atoms with E-state index in [0.717, 1.165) is 6.26 Å². The van der Waals surface area contributed by atoms with E-state index >= 15 is 0 Å². The Kier molecular flexibility index (Phi) is 7.22. The Balaban J connectivity index is 3.16. The summed E-state index contributed by atoms with van der Waals surface area (Å²) in [6, 6.07) is 0. The Hall–Kier alpha value is -0.700. The second kappa shape index (κ2) is 7.57. The molecule has 15 heavy (non-hydrogen) atoms. The molecule has 0 aliphatic heterocycles. The van der Waals surface area contributed by atoms with Crippen LogP contribution in [0.3, 0.4) is 0 Å². The van der Waals surface area contributed by atoms with E-state index in [0.29, 0.717) is 0 Å². The predicted molar refractivity (Wildman–Crippen MR) is 50.1 cm³/mol. The van der Waals surface area contributed by atoms with Crippen molar-refractivity contribution in [3.8, 4) is 0 Å². The van der Waals surface area contributed by atoms with Gasteiger partial charge in [0.1, 0.15) is 6.61 Å². The fraction of sp³-hybridized carbons (Fsp3) is 0.857. The average Bonchev–Trinajstić information content (AvgIpc) is 2.07. The van der Waals surface area contributed by atoms with Gasteiger partial charge in [-0.25, -0.2) is 4.79 Å². The van der Waals surface area contributed by atoms with Gasteiger partial charge < -0.3 is 14.6 Å². The van der Waals surface area contributed by atoms with Crippen molar-refractivity contribution in [2.24, 2.45) is 0 Å². The summed E-state index contributed by atoms with van der Waals surface area (Å²) >= 11 is 0. The van der Waals surface area contributed by atoms with E-state index in [1.54, 1.807) is 0 Å². The van der Waals surface area contributed by atoms with E-state index in [1.165, 1.54) is 0 Å². The molecule has 0 bridgehead atoms.